The fourth-order valence-electron chi connectivity index (χ4n) is 2.94. The lowest BCUT2D eigenvalue weighted by molar-refractivity contribution is 0.260. The van der Waals surface area contributed by atoms with Crippen molar-refractivity contribution in [3.05, 3.63) is 83.4 Å². The molecule has 128 valence electrons. The molecule has 0 saturated carbocycles. The Balaban J connectivity index is 1.77. The summed E-state index contributed by atoms with van der Waals surface area (Å²) in [7, 11) is 0. The Morgan fingerprint density at radius 3 is 2.32 bits per heavy atom. The summed E-state index contributed by atoms with van der Waals surface area (Å²) in [6.45, 7) is 0.111. The highest BCUT2D eigenvalue weighted by Crippen LogP contribution is 2.58. The number of aromatic nitrogens is 3. The van der Waals surface area contributed by atoms with E-state index in [1.54, 1.807) is 0 Å². The van der Waals surface area contributed by atoms with Gasteiger partial charge in [0.25, 0.3) is 0 Å². The van der Waals surface area contributed by atoms with Gasteiger partial charge < -0.3 is 4.74 Å². The van der Waals surface area contributed by atoms with Crippen molar-refractivity contribution in [2.75, 3.05) is 0 Å². The van der Waals surface area contributed by atoms with E-state index in [0.717, 1.165) is 12.1 Å². The summed E-state index contributed by atoms with van der Waals surface area (Å²) in [5, 5.41) is 3.98. The van der Waals surface area contributed by atoms with E-state index in [1.165, 1.54) is 41.6 Å². The van der Waals surface area contributed by atoms with Gasteiger partial charge in [-0.2, -0.15) is 5.10 Å². The first-order valence-electron chi connectivity index (χ1n) is 7.40. The van der Waals surface area contributed by atoms with Gasteiger partial charge in [0.05, 0.1) is 6.54 Å². The van der Waals surface area contributed by atoms with Crippen LogP contribution >= 0.6 is 0 Å². The van der Waals surface area contributed by atoms with Crippen LogP contribution in [-0.2, 0) is 16.9 Å². The standard InChI is InChI=1S/C17H11F4N3O/c18-12-3-1-10(2-4-12)16-17(25-16,7-24-9-22-8-23-24)11-5-13(19)15(21)14(20)6-11/h1-6,8-9,16H,7H2/t16-,17-/m0/s1. The van der Waals surface area contributed by atoms with Crippen LogP contribution in [0.2, 0.25) is 0 Å². The van der Waals surface area contributed by atoms with Gasteiger partial charge in [0.2, 0.25) is 0 Å². The monoisotopic (exact) mass is 349 g/mol. The maximum atomic E-state index is 13.7. The number of nitrogens with zero attached hydrogens (tertiary/aromatic N) is 3. The molecular formula is C17H11F4N3O. The summed E-state index contributed by atoms with van der Waals surface area (Å²) < 4.78 is 61.1. The average molecular weight is 349 g/mol. The molecule has 0 N–H and O–H groups in total. The lowest BCUT2D eigenvalue weighted by Gasteiger charge is -2.14. The molecule has 4 nitrogen and oxygen atoms in total. The predicted molar refractivity (Wildman–Crippen MR) is 78.2 cm³/mol. The zero-order chi connectivity index (χ0) is 17.6. The van der Waals surface area contributed by atoms with Crippen LogP contribution in [0, 0.1) is 23.3 Å². The third-order valence-corrected chi connectivity index (χ3v) is 4.20. The molecule has 1 aliphatic rings. The Hall–Kier alpha value is -2.74. The lowest BCUT2D eigenvalue weighted by atomic mass is 9.91. The molecule has 2 heterocycles. The van der Waals surface area contributed by atoms with Crippen molar-refractivity contribution in [3.8, 4) is 0 Å². The summed E-state index contributed by atoms with van der Waals surface area (Å²) >= 11 is 0. The molecule has 1 saturated heterocycles. The molecule has 1 aliphatic heterocycles. The molecule has 4 rings (SSSR count). The Labute approximate surface area is 139 Å². The van der Waals surface area contributed by atoms with E-state index in [0.29, 0.717) is 5.56 Å². The van der Waals surface area contributed by atoms with Gasteiger partial charge in [-0.25, -0.2) is 27.2 Å². The summed E-state index contributed by atoms with van der Waals surface area (Å²) in [6, 6.07) is 7.39. The summed E-state index contributed by atoms with van der Waals surface area (Å²) in [6.07, 6.45) is 2.16. The quantitative estimate of drug-likeness (QED) is 0.411. The number of halogens is 4. The van der Waals surface area contributed by atoms with Crippen LogP contribution in [0.3, 0.4) is 0 Å². The van der Waals surface area contributed by atoms with Crippen molar-refractivity contribution in [2.45, 2.75) is 18.2 Å². The van der Waals surface area contributed by atoms with Gasteiger partial charge in [-0.05, 0) is 35.4 Å². The van der Waals surface area contributed by atoms with E-state index in [4.69, 9.17) is 4.74 Å². The maximum Gasteiger partial charge on any atom is 0.194 e. The van der Waals surface area contributed by atoms with Crippen LogP contribution < -0.4 is 0 Å². The predicted octanol–water partition coefficient (Wildman–Crippen LogP) is 3.50. The number of epoxide rings is 1. The molecule has 0 spiro atoms. The second-order valence-corrected chi connectivity index (χ2v) is 5.79. The Morgan fingerprint density at radius 2 is 1.72 bits per heavy atom. The van der Waals surface area contributed by atoms with Gasteiger partial charge in [-0.1, -0.05) is 12.1 Å². The zero-order valence-corrected chi connectivity index (χ0v) is 12.7. The van der Waals surface area contributed by atoms with Crippen molar-refractivity contribution < 1.29 is 22.3 Å². The van der Waals surface area contributed by atoms with Crippen LogP contribution in [-0.4, -0.2) is 14.8 Å². The summed E-state index contributed by atoms with van der Waals surface area (Å²) in [4.78, 5) is 3.82. The minimum absolute atomic E-state index is 0.111. The van der Waals surface area contributed by atoms with E-state index in [-0.39, 0.29) is 12.1 Å². The molecule has 3 aromatic rings. The fourth-order valence-corrected chi connectivity index (χ4v) is 2.94. The molecule has 0 aliphatic carbocycles. The smallest absolute Gasteiger partial charge is 0.194 e. The topological polar surface area (TPSA) is 43.2 Å². The van der Waals surface area contributed by atoms with Crippen molar-refractivity contribution in [1.29, 1.82) is 0 Å². The summed E-state index contributed by atoms with van der Waals surface area (Å²) in [5.74, 6) is -4.56. The third kappa shape index (κ3) is 2.68. The van der Waals surface area contributed by atoms with E-state index in [1.807, 2.05) is 0 Å². The first-order chi connectivity index (χ1) is 12.0. The normalized spacial score (nSPS) is 22.2. The molecule has 25 heavy (non-hydrogen) atoms. The van der Waals surface area contributed by atoms with Crippen LogP contribution in [0.15, 0.2) is 49.1 Å². The Morgan fingerprint density at radius 1 is 1.04 bits per heavy atom. The number of rotatable bonds is 4. The van der Waals surface area contributed by atoms with Crippen molar-refractivity contribution in [1.82, 2.24) is 14.8 Å². The number of ether oxygens (including phenoxy) is 1. The molecule has 1 fully saturated rings. The first kappa shape index (κ1) is 15.8. The number of hydrogen-bond acceptors (Lipinski definition) is 3. The van der Waals surface area contributed by atoms with Crippen LogP contribution in [0.4, 0.5) is 17.6 Å². The molecule has 2 aromatic carbocycles. The van der Waals surface area contributed by atoms with Gasteiger partial charge in [-0.15, -0.1) is 0 Å². The van der Waals surface area contributed by atoms with E-state index < -0.39 is 35.0 Å². The largest absolute Gasteiger partial charge is 0.354 e. The van der Waals surface area contributed by atoms with Gasteiger partial charge in [-0.3, -0.25) is 0 Å². The molecule has 8 heteroatoms. The molecular weight excluding hydrogens is 338 g/mol. The second kappa shape index (κ2) is 5.66. The van der Waals surface area contributed by atoms with E-state index in [9.17, 15) is 17.6 Å². The van der Waals surface area contributed by atoms with Crippen LogP contribution in [0.5, 0.6) is 0 Å². The van der Waals surface area contributed by atoms with Crippen LogP contribution in [0.25, 0.3) is 0 Å². The molecule has 1 aromatic heterocycles. The minimum Gasteiger partial charge on any atom is -0.354 e. The van der Waals surface area contributed by atoms with Gasteiger partial charge in [0, 0.05) is 0 Å². The van der Waals surface area contributed by atoms with Crippen LogP contribution in [0.1, 0.15) is 17.2 Å². The Bertz CT molecular complexity index is 891. The van der Waals surface area contributed by atoms with Gasteiger partial charge in [0.1, 0.15) is 30.2 Å². The highest BCUT2D eigenvalue weighted by Gasteiger charge is 2.59. The van der Waals surface area contributed by atoms with Gasteiger partial charge >= 0.3 is 0 Å². The lowest BCUT2D eigenvalue weighted by Crippen LogP contribution is -2.20. The molecule has 0 radical (unpaired) electrons. The fraction of sp³-hybridized carbons (Fsp3) is 0.176. The van der Waals surface area contributed by atoms with Crippen molar-refractivity contribution in [2.24, 2.45) is 0 Å². The number of hydrogen-bond donors (Lipinski definition) is 0. The van der Waals surface area contributed by atoms with Gasteiger partial charge in [0.15, 0.2) is 17.5 Å². The highest BCUT2D eigenvalue weighted by molar-refractivity contribution is 5.36. The average Bonchev–Trinajstić information content (AvgIpc) is 3.07. The maximum absolute atomic E-state index is 13.7. The Kier molecular flexibility index (Phi) is 3.57. The molecule has 0 unspecified atom stereocenters. The molecule has 2 atom stereocenters. The zero-order valence-electron chi connectivity index (χ0n) is 12.7. The highest BCUT2D eigenvalue weighted by atomic mass is 19.2. The first-order valence-corrected chi connectivity index (χ1v) is 7.40. The molecule has 0 amide bonds. The third-order valence-electron chi connectivity index (χ3n) is 4.20. The minimum atomic E-state index is -1.54. The van der Waals surface area contributed by atoms with Crippen molar-refractivity contribution in [3.63, 3.8) is 0 Å². The SMILES string of the molecule is Fc1ccc([C@@H]2O[C@@]2(Cn2cncn2)c2cc(F)c(F)c(F)c2)cc1. The molecule has 0 bridgehead atoms. The number of benzene rings is 2. The second-order valence-electron chi connectivity index (χ2n) is 5.79. The van der Waals surface area contributed by atoms with E-state index >= 15 is 0 Å². The van der Waals surface area contributed by atoms with E-state index in [2.05, 4.69) is 10.1 Å². The summed E-state index contributed by atoms with van der Waals surface area (Å²) in [5.41, 5.74) is -0.388. The van der Waals surface area contributed by atoms with Crippen molar-refractivity contribution >= 4 is 0 Å².